The van der Waals surface area contributed by atoms with Crippen LogP contribution in [-0.4, -0.2) is 14.5 Å². The molecule has 4 nitrogen and oxygen atoms in total. The van der Waals surface area contributed by atoms with Crippen LogP contribution in [0, 0.1) is 0 Å². The minimum absolute atomic E-state index is 0.173. The van der Waals surface area contributed by atoms with E-state index in [9.17, 15) is 0 Å². The fraction of sp³-hybridized carbons (Fsp3) is 0.0612. The zero-order valence-corrected chi connectivity index (χ0v) is 29.3. The number of para-hydroxylation sites is 2. The van der Waals surface area contributed by atoms with Gasteiger partial charge in [-0.3, -0.25) is 4.57 Å². The topological polar surface area (TPSA) is 43.9 Å². The molecule has 0 atom stereocenters. The summed E-state index contributed by atoms with van der Waals surface area (Å²) < 4.78 is 8.61. The van der Waals surface area contributed by atoms with Crippen LogP contribution in [0.3, 0.4) is 0 Å². The van der Waals surface area contributed by atoms with Crippen molar-refractivity contribution in [2.24, 2.45) is 0 Å². The normalized spacial score (nSPS) is 13.2. The first kappa shape index (κ1) is 29.9. The predicted octanol–water partition coefficient (Wildman–Crippen LogP) is 12.8. The Morgan fingerprint density at radius 3 is 1.94 bits per heavy atom. The van der Waals surface area contributed by atoms with Gasteiger partial charge < -0.3 is 4.42 Å². The minimum atomic E-state index is -0.173. The third-order valence-corrected chi connectivity index (χ3v) is 11.2. The molecular formula is C49H33N3O. The van der Waals surface area contributed by atoms with Crippen LogP contribution >= 0.6 is 0 Å². The summed E-state index contributed by atoms with van der Waals surface area (Å²) in [5.41, 5.74) is 14.5. The second-order valence-electron chi connectivity index (χ2n) is 14.6. The Morgan fingerprint density at radius 2 is 1.11 bits per heavy atom. The lowest BCUT2D eigenvalue weighted by Crippen LogP contribution is -2.15. The highest BCUT2D eigenvalue weighted by Crippen LogP contribution is 2.52. The van der Waals surface area contributed by atoms with Crippen LogP contribution < -0.4 is 0 Å². The zero-order valence-electron chi connectivity index (χ0n) is 29.3. The third kappa shape index (κ3) is 4.49. The SMILES string of the molecule is CC1(C)c2cc(-c3ccc4c(c3)c3ccccc3n4-c3cc(-c4ccccc4)nc(-c4ccccc4)n3)ccc2-c2cc3c(cc21)oc1ccccc13. The van der Waals surface area contributed by atoms with Crippen molar-refractivity contribution in [1.29, 1.82) is 0 Å². The van der Waals surface area contributed by atoms with Crippen molar-refractivity contribution in [3.8, 4) is 50.7 Å². The Balaban J connectivity index is 1.07. The summed E-state index contributed by atoms with van der Waals surface area (Å²) in [6.07, 6.45) is 0. The molecular weight excluding hydrogens is 647 g/mol. The Kier molecular flexibility index (Phi) is 6.27. The first-order valence-electron chi connectivity index (χ1n) is 18.2. The lowest BCUT2D eigenvalue weighted by Gasteiger charge is -2.22. The molecule has 53 heavy (non-hydrogen) atoms. The molecule has 0 radical (unpaired) electrons. The molecule has 7 aromatic carbocycles. The minimum Gasteiger partial charge on any atom is -0.456 e. The summed E-state index contributed by atoms with van der Waals surface area (Å²) in [7, 11) is 0. The van der Waals surface area contributed by atoms with E-state index in [0.717, 1.165) is 50.2 Å². The van der Waals surface area contributed by atoms with Gasteiger partial charge in [0.25, 0.3) is 0 Å². The number of furan rings is 1. The molecule has 4 heteroatoms. The molecule has 1 aliphatic rings. The zero-order chi connectivity index (χ0) is 35.3. The second kappa shape index (κ2) is 11.1. The fourth-order valence-electron chi connectivity index (χ4n) is 8.55. The van der Waals surface area contributed by atoms with Crippen LogP contribution in [-0.2, 0) is 5.41 Å². The lowest BCUT2D eigenvalue weighted by molar-refractivity contribution is 0.647. The average molecular weight is 680 g/mol. The Morgan fingerprint density at radius 1 is 0.453 bits per heavy atom. The van der Waals surface area contributed by atoms with Crippen LogP contribution in [0.4, 0.5) is 0 Å². The molecule has 0 spiro atoms. The molecule has 3 aromatic heterocycles. The first-order valence-corrected chi connectivity index (χ1v) is 18.2. The largest absolute Gasteiger partial charge is 0.456 e. The summed E-state index contributed by atoms with van der Waals surface area (Å²) in [5, 5.41) is 4.71. The highest BCUT2D eigenvalue weighted by molar-refractivity contribution is 6.11. The van der Waals surface area contributed by atoms with Gasteiger partial charge in [0.05, 0.1) is 16.7 Å². The van der Waals surface area contributed by atoms with Gasteiger partial charge >= 0.3 is 0 Å². The van der Waals surface area contributed by atoms with E-state index in [0.29, 0.717) is 5.82 Å². The summed E-state index contributed by atoms with van der Waals surface area (Å²) in [6, 6.07) is 58.1. The van der Waals surface area contributed by atoms with Gasteiger partial charge in [-0.05, 0) is 75.8 Å². The third-order valence-electron chi connectivity index (χ3n) is 11.2. The van der Waals surface area contributed by atoms with Crippen LogP contribution in [0.15, 0.2) is 168 Å². The van der Waals surface area contributed by atoms with Gasteiger partial charge in [0.2, 0.25) is 0 Å². The smallest absolute Gasteiger partial charge is 0.162 e. The summed E-state index contributed by atoms with van der Waals surface area (Å²) in [5.74, 6) is 1.54. The second-order valence-corrected chi connectivity index (χ2v) is 14.6. The molecule has 1 aliphatic carbocycles. The number of nitrogens with zero attached hydrogens (tertiary/aromatic N) is 3. The maximum absolute atomic E-state index is 6.32. The van der Waals surface area contributed by atoms with Gasteiger partial charge in [0.1, 0.15) is 17.0 Å². The number of hydrogen-bond acceptors (Lipinski definition) is 3. The molecule has 0 saturated heterocycles. The van der Waals surface area contributed by atoms with Gasteiger partial charge in [-0.15, -0.1) is 0 Å². The summed E-state index contributed by atoms with van der Waals surface area (Å²) in [6.45, 7) is 4.67. The predicted molar refractivity (Wildman–Crippen MR) is 218 cm³/mol. The van der Waals surface area contributed by atoms with Crippen molar-refractivity contribution in [1.82, 2.24) is 14.5 Å². The van der Waals surface area contributed by atoms with Crippen LogP contribution in [0.1, 0.15) is 25.0 Å². The standard InChI is InChI=1S/C49H33N3O/c1-49(2)40-26-33(21-23-34(40)37-27-39-36-18-10-12-20-45(36)53-46(39)28-41(37)49)32-22-24-44-38(25-32)35-17-9-11-19-43(35)52(44)47-29-42(30-13-5-3-6-14-30)50-48(51-47)31-15-7-4-8-16-31/h3-29H,1-2H3. The van der Waals surface area contributed by atoms with Gasteiger partial charge in [-0.1, -0.05) is 129 Å². The van der Waals surface area contributed by atoms with Gasteiger partial charge in [0, 0.05) is 44.2 Å². The quantitative estimate of drug-likeness (QED) is 0.186. The number of fused-ring (bicyclic) bond motifs is 9. The lowest BCUT2D eigenvalue weighted by atomic mass is 9.81. The van der Waals surface area contributed by atoms with Crippen LogP contribution in [0.5, 0.6) is 0 Å². The number of benzene rings is 7. The Bertz CT molecular complexity index is 3020. The van der Waals surface area contributed by atoms with Gasteiger partial charge in [-0.2, -0.15) is 0 Å². The molecule has 250 valence electrons. The molecule has 0 aliphatic heterocycles. The molecule has 3 heterocycles. The highest BCUT2D eigenvalue weighted by Gasteiger charge is 2.36. The molecule has 0 amide bonds. The fourth-order valence-corrected chi connectivity index (χ4v) is 8.55. The van der Waals surface area contributed by atoms with E-state index in [1.165, 1.54) is 49.5 Å². The maximum atomic E-state index is 6.32. The monoisotopic (exact) mass is 679 g/mol. The van der Waals surface area contributed by atoms with E-state index in [2.05, 4.69) is 152 Å². The van der Waals surface area contributed by atoms with E-state index in [1.54, 1.807) is 0 Å². The highest BCUT2D eigenvalue weighted by atomic mass is 16.3. The molecule has 0 bridgehead atoms. The van der Waals surface area contributed by atoms with Crippen molar-refractivity contribution in [3.63, 3.8) is 0 Å². The molecule has 11 rings (SSSR count). The molecule has 0 N–H and O–H groups in total. The molecule has 0 unspecified atom stereocenters. The maximum Gasteiger partial charge on any atom is 0.162 e. The Labute approximate surface area is 306 Å². The van der Waals surface area contributed by atoms with Crippen molar-refractivity contribution in [2.45, 2.75) is 19.3 Å². The number of rotatable bonds is 4. The van der Waals surface area contributed by atoms with Crippen molar-refractivity contribution in [3.05, 3.63) is 175 Å². The van der Waals surface area contributed by atoms with E-state index < -0.39 is 0 Å². The van der Waals surface area contributed by atoms with Crippen molar-refractivity contribution < 1.29 is 4.42 Å². The van der Waals surface area contributed by atoms with E-state index >= 15 is 0 Å². The summed E-state index contributed by atoms with van der Waals surface area (Å²) >= 11 is 0. The van der Waals surface area contributed by atoms with Crippen LogP contribution in [0.25, 0.3) is 94.5 Å². The van der Waals surface area contributed by atoms with Crippen molar-refractivity contribution >= 4 is 43.7 Å². The van der Waals surface area contributed by atoms with E-state index in [4.69, 9.17) is 14.4 Å². The average Bonchev–Trinajstić information content (AvgIpc) is 3.82. The van der Waals surface area contributed by atoms with E-state index in [-0.39, 0.29) is 5.41 Å². The first-order chi connectivity index (χ1) is 26.0. The molecule has 0 fully saturated rings. The van der Waals surface area contributed by atoms with Gasteiger partial charge in [0.15, 0.2) is 5.82 Å². The van der Waals surface area contributed by atoms with Crippen molar-refractivity contribution in [2.75, 3.05) is 0 Å². The van der Waals surface area contributed by atoms with Gasteiger partial charge in [-0.25, -0.2) is 9.97 Å². The van der Waals surface area contributed by atoms with E-state index in [1.807, 2.05) is 30.3 Å². The number of hydrogen-bond donors (Lipinski definition) is 0. The summed E-state index contributed by atoms with van der Waals surface area (Å²) in [4.78, 5) is 10.3. The Hall–Kier alpha value is -6.78. The number of aromatic nitrogens is 3. The molecule has 0 saturated carbocycles. The van der Waals surface area contributed by atoms with Crippen LogP contribution in [0.2, 0.25) is 0 Å². The molecule has 10 aromatic rings.